The third kappa shape index (κ3) is 2.86. The molecule has 3 N–H and O–H groups in total. The first-order valence-corrected chi connectivity index (χ1v) is 8.29. The van der Waals surface area contributed by atoms with Gasteiger partial charge in [0.15, 0.2) is 0 Å². The summed E-state index contributed by atoms with van der Waals surface area (Å²) in [7, 11) is 0. The number of hydrogen-bond acceptors (Lipinski definition) is 3. The number of carboxylic acid groups (broad SMARTS) is 1. The van der Waals surface area contributed by atoms with Crippen LogP contribution in [-0.2, 0) is 4.79 Å². The van der Waals surface area contributed by atoms with Gasteiger partial charge in [0.05, 0.1) is 12.0 Å². The van der Waals surface area contributed by atoms with Crippen molar-refractivity contribution < 1.29 is 15.0 Å². The molecule has 3 aliphatic rings. The average Bonchev–Trinajstić information content (AvgIpc) is 3.11. The van der Waals surface area contributed by atoms with Crippen LogP contribution in [0.1, 0.15) is 51.4 Å². The van der Waals surface area contributed by atoms with Gasteiger partial charge in [-0.15, -0.1) is 0 Å². The zero-order valence-electron chi connectivity index (χ0n) is 12.1. The Morgan fingerprint density at radius 2 is 1.85 bits per heavy atom. The normalized spacial score (nSPS) is 38.5. The number of carboxylic acids is 1. The van der Waals surface area contributed by atoms with Crippen molar-refractivity contribution in [3.63, 3.8) is 0 Å². The summed E-state index contributed by atoms with van der Waals surface area (Å²) in [6.45, 7) is 0.564. The van der Waals surface area contributed by atoms with Crippen molar-refractivity contribution in [3.05, 3.63) is 0 Å². The maximum Gasteiger partial charge on any atom is 0.308 e. The summed E-state index contributed by atoms with van der Waals surface area (Å²) in [5, 5.41) is 22.9. The molecule has 0 saturated heterocycles. The van der Waals surface area contributed by atoms with Crippen LogP contribution in [0, 0.1) is 23.7 Å². The molecule has 0 radical (unpaired) electrons. The summed E-state index contributed by atoms with van der Waals surface area (Å²) in [4.78, 5) is 11.4. The second kappa shape index (κ2) is 6.02. The molecule has 20 heavy (non-hydrogen) atoms. The maximum absolute atomic E-state index is 11.4. The van der Waals surface area contributed by atoms with E-state index in [1.165, 1.54) is 25.7 Å². The zero-order valence-corrected chi connectivity index (χ0v) is 12.1. The third-order valence-electron chi connectivity index (χ3n) is 5.87. The molecule has 5 atom stereocenters. The summed E-state index contributed by atoms with van der Waals surface area (Å²) in [6.07, 6.45) is 8.98. The van der Waals surface area contributed by atoms with Gasteiger partial charge in [0.1, 0.15) is 0 Å². The molecule has 4 nitrogen and oxygen atoms in total. The van der Waals surface area contributed by atoms with Crippen molar-refractivity contribution in [1.82, 2.24) is 5.32 Å². The van der Waals surface area contributed by atoms with Gasteiger partial charge >= 0.3 is 5.97 Å². The fourth-order valence-electron chi connectivity index (χ4n) is 4.93. The van der Waals surface area contributed by atoms with Crippen molar-refractivity contribution in [2.24, 2.45) is 23.7 Å². The highest BCUT2D eigenvalue weighted by Gasteiger charge is 2.50. The molecule has 0 spiro atoms. The molecule has 4 heteroatoms. The van der Waals surface area contributed by atoms with E-state index in [2.05, 4.69) is 5.32 Å². The number of hydrogen-bond donors (Lipinski definition) is 3. The van der Waals surface area contributed by atoms with E-state index in [0.717, 1.165) is 25.7 Å². The van der Waals surface area contributed by atoms with E-state index < -0.39 is 5.97 Å². The standard InChI is InChI=1S/C16H27NO3/c18-13(7-10-3-1-2-4-10)9-17-15-12-6-5-11(8-12)14(15)16(19)20/h10-15,17-18H,1-9H2,(H,19,20). The van der Waals surface area contributed by atoms with Gasteiger partial charge in [-0.3, -0.25) is 4.79 Å². The molecule has 0 aromatic heterocycles. The number of aliphatic hydroxyl groups excluding tert-OH is 1. The van der Waals surface area contributed by atoms with Crippen LogP contribution in [0.15, 0.2) is 0 Å². The summed E-state index contributed by atoms with van der Waals surface area (Å²) in [5.41, 5.74) is 0. The molecule has 114 valence electrons. The van der Waals surface area contributed by atoms with E-state index in [1.807, 2.05) is 0 Å². The van der Waals surface area contributed by atoms with Crippen LogP contribution in [-0.4, -0.2) is 34.9 Å². The second-order valence-electron chi connectivity index (χ2n) is 7.17. The minimum Gasteiger partial charge on any atom is -0.481 e. The lowest BCUT2D eigenvalue weighted by atomic mass is 9.84. The predicted octanol–water partition coefficient (Wildman–Crippen LogP) is 2.02. The van der Waals surface area contributed by atoms with Crippen molar-refractivity contribution in [2.75, 3.05) is 6.54 Å². The van der Waals surface area contributed by atoms with Crippen molar-refractivity contribution in [1.29, 1.82) is 0 Å². The highest BCUT2D eigenvalue weighted by molar-refractivity contribution is 5.72. The SMILES string of the molecule is O=C(O)C1C2CCC(C2)C1NCC(O)CC1CCCC1. The van der Waals surface area contributed by atoms with Gasteiger partial charge in [-0.1, -0.05) is 25.7 Å². The Labute approximate surface area is 120 Å². The van der Waals surface area contributed by atoms with Gasteiger partial charge < -0.3 is 15.5 Å². The highest BCUT2D eigenvalue weighted by Crippen LogP contribution is 2.48. The molecule has 3 fully saturated rings. The van der Waals surface area contributed by atoms with Gasteiger partial charge in [0, 0.05) is 12.6 Å². The number of aliphatic carboxylic acids is 1. The van der Waals surface area contributed by atoms with E-state index in [4.69, 9.17) is 0 Å². The first kappa shape index (κ1) is 14.3. The fraction of sp³-hybridized carbons (Fsp3) is 0.938. The van der Waals surface area contributed by atoms with Crippen LogP contribution >= 0.6 is 0 Å². The Morgan fingerprint density at radius 1 is 1.15 bits per heavy atom. The molecule has 3 aliphatic carbocycles. The minimum atomic E-state index is -0.653. The lowest BCUT2D eigenvalue weighted by Gasteiger charge is -2.30. The Bertz CT molecular complexity index is 354. The number of nitrogens with one attached hydrogen (secondary N) is 1. The summed E-state index contributed by atoms with van der Waals surface area (Å²) >= 11 is 0. The molecular formula is C16H27NO3. The zero-order chi connectivity index (χ0) is 14.1. The number of rotatable bonds is 6. The molecular weight excluding hydrogens is 254 g/mol. The quantitative estimate of drug-likeness (QED) is 0.696. The first-order valence-electron chi connectivity index (χ1n) is 8.29. The Balaban J connectivity index is 1.48. The van der Waals surface area contributed by atoms with Crippen LogP contribution in [0.2, 0.25) is 0 Å². The fourth-order valence-corrected chi connectivity index (χ4v) is 4.93. The van der Waals surface area contributed by atoms with E-state index in [9.17, 15) is 15.0 Å². The lowest BCUT2D eigenvalue weighted by molar-refractivity contribution is -0.144. The van der Waals surface area contributed by atoms with Crippen molar-refractivity contribution >= 4 is 5.97 Å². The second-order valence-corrected chi connectivity index (χ2v) is 7.17. The molecule has 0 heterocycles. The van der Waals surface area contributed by atoms with Crippen molar-refractivity contribution in [3.8, 4) is 0 Å². The maximum atomic E-state index is 11.4. The minimum absolute atomic E-state index is 0.0875. The Hall–Kier alpha value is -0.610. The monoisotopic (exact) mass is 281 g/mol. The van der Waals surface area contributed by atoms with Crippen LogP contribution in [0.5, 0.6) is 0 Å². The van der Waals surface area contributed by atoms with Gasteiger partial charge in [0.2, 0.25) is 0 Å². The molecule has 5 unspecified atom stereocenters. The third-order valence-corrected chi connectivity index (χ3v) is 5.87. The van der Waals surface area contributed by atoms with Crippen LogP contribution in [0.4, 0.5) is 0 Å². The molecule has 3 rings (SSSR count). The van der Waals surface area contributed by atoms with Gasteiger partial charge in [-0.25, -0.2) is 0 Å². The van der Waals surface area contributed by atoms with Crippen LogP contribution in [0.3, 0.4) is 0 Å². The van der Waals surface area contributed by atoms with Crippen LogP contribution in [0.25, 0.3) is 0 Å². The lowest BCUT2D eigenvalue weighted by Crippen LogP contribution is -2.46. The smallest absolute Gasteiger partial charge is 0.308 e. The van der Waals surface area contributed by atoms with Gasteiger partial charge in [-0.2, -0.15) is 0 Å². The Kier molecular flexibility index (Phi) is 4.32. The Morgan fingerprint density at radius 3 is 2.55 bits per heavy atom. The summed E-state index contributed by atoms with van der Waals surface area (Å²) in [6, 6.07) is 0.0875. The molecule has 3 saturated carbocycles. The first-order chi connectivity index (χ1) is 9.65. The van der Waals surface area contributed by atoms with E-state index in [-0.39, 0.29) is 18.1 Å². The average molecular weight is 281 g/mol. The van der Waals surface area contributed by atoms with E-state index in [0.29, 0.717) is 24.3 Å². The van der Waals surface area contributed by atoms with E-state index in [1.54, 1.807) is 0 Å². The molecule has 2 bridgehead atoms. The number of carbonyl (C=O) groups is 1. The summed E-state index contributed by atoms with van der Waals surface area (Å²) in [5.74, 6) is 0.677. The molecule has 0 amide bonds. The van der Waals surface area contributed by atoms with Gasteiger partial charge in [-0.05, 0) is 43.4 Å². The highest BCUT2D eigenvalue weighted by atomic mass is 16.4. The van der Waals surface area contributed by atoms with Crippen molar-refractivity contribution in [2.45, 2.75) is 63.5 Å². The molecule has 0 aromatic carbocycles. The molecule has 0 aliphatic heterocycles. The number of fused-ring (bicyclic) bond motifs is 2. The molecule has 0 aromatic rings. The van der Waals surface area contributed by atoms with Gasteiger partial charge in [0.25, 0.3) is 0 Å². The van der Waals surface area contributed by atoms with E-state index >= 15 is 0 Å². The predicted molar refractivity (Wildman–Crippen MR) is 76.3 cm³/mol. The largest absolute Gasteiger partial charge is 0.481 e. The van der Waals surface area contributed by atoms with Crippen LogP contribution < -0.4 is 5.32 Å². The summed E-state index contributed by atoms with van der Waals surface area (Å²) < 4.78 is 0. The number of aliphatic hydroxyl groups is 1. The topological polar surface area (TPSA) is 69.6 Å².